The molecular weight excluding hydrogens is 223 g/mol. The average molecular weight is 240 g/mol. The molecule has 1 amide bonds. The summed E-state index contributed by atoms with van der Waals surface area (Å²) in [5, 5.41) is 2.64. The molecule has 17 heavy (non-hydrogen) atoms. The van der Waals surface area contributed by atoms with Crippen LogP contribution in [0.2, 0.25) is 0 Å². The number of halogens is 1. The molecule has 1 aromatic carbocycles. The first-order valence-corrected chi connectivity index (χ1v) is 5.49. The minimum Gasteiger partial charge on any atom is -0.489 e. The first-order valence-electron chi connectivity index (χ1n) is 5.49. The van der Waals surface area contributed by atoms with Crippen LogP contribution in [0, 0.1) is 5.82 Å². The van der Waals surface area contributed by atoms with E-state index in [9.17, 15) is 9.18 Å². The highest BCUT2D eigenvalue weighted by molar-refractivity contribution is 5.76. The van der Waals surface area contributed by atoms with E-state index in [0.29, 0.717) is 6.54 Å². The molecule has 0 saturated carbocycles. The van der Waals surface area contributed by atoms with Gasteiger partial charge in [0.05, 0.1) is 6.54 Å². The largest absolute Gasteiger partial charge is 0.489 e. The van der Waals surface area contributed by atoms with Gasteiger partial charge in [-0.05, 0) is 19.1 Å². The van der Waals surface area contributed by atoms with E-state index in [1.165, 1.54) is 6.07 Å². The monoisotopic (exact) mass is 240 g/mol. The zero-order chi connectivity index (χ0) is 12.7. The third-order valence-corrected chi connectivity index (χ3v) is 2.03. The van der Waals surface area contributed by atoms with Gasteiger partial charge in [0.2, 0.25) is 5.91 Å². The number of carbonyl (C=O) groups excluding carboxylic acids is 1. The number of benzene rings is 1. The molecule has 0 aliphatic carbocycles. The molecule has 94 valence electrons. The van der Waals surface area contributed by atoms with Crippen LogP contribution >= 0.6 is 0 Å². The van der Waals surface area contributed by atoms with Gasteiger partial charge in [-0.15, -0.1) is 0 Å². The van der Waals surface area contributed by atoms with E-state index < -0.39 is 5.82 Å². The normalized spacial score (nSPS) is 11.9. The number of rotatable bonds is 6. The Morgan fingerprint density at radius 1 is 1.53 bits per heavy atom. The lowest BCUT2D eigenvalue weighted by Gasteiger charge is -2.09. The number of carbonyl (C=O) groups is 1. The Labute approximate surface area is 100.0 Å². The van der Waals surface area contributed by atoms with Crippen molar-refractivity contribution in [2.75, 3.05) is 13.2 Å². The Kier molecular flexibility index (Phi) is 5.42. The summed E-state index contributed by atoms with van der Waals surface area (Å²) in [6.45, 7) is 2.32. The molecule has 1 aromatic rings. The Hall–Kier alpha value is -1.62. The zero-order valence-corrected chi connectivity index (χ0v) is 9.78. The SMILES string of the molecule is CC(N)CC(=O)NCCOc1ccccc1F. The van der Waals surface area contributed by atoms with E-state index in [1.54, 1.807) is 25.1 Å². The highest BCUT2D eigenvalue weighted by Gasteiger charge is 2.04. The van der Waals surface area contributed by atoms with Crippen LogP contribution in [0.15, 0.2) is 24.3 Å². The van der Waals surface area contributed by atoms with Gasteiger partial charge in [0, 0.05) is 12.5 Å². The summed E-state index contributed by atoms with van der Waals surface area (Å²) >= 11 is 0. The van der Waals surface area contributed by atoms with Gasteiger partial charge in [-0.25, -0.2) is 4.39 Å². The summed E-state index contributed by atoms with van der Waals surface area (Å²) in [6, 6.07) is 5.98. The summed E-state index contributed by atoms with van der Waals surface area (Å²) in [6.07, 6.45) is 0.277. The predicted octanol–water partition coefficient (Wildman–Crippen LogP) is 1.06. The van der Waals surface area contributed by atoms with Gasteiger partial charge in [-0.2, -0.15) is 0 Å². The lowest BCUT2D eigenvalue weighted by Crippen LogP contribution is -2.32. The smallest absolute Gasteiger partial charge is 0.221 e. The number of nitrogens with one attached hydrogen (secondary N) is 1. The predicted molar refractivity (Wildman–Crippen MR) is 63.2 cm³/mol. The number of hydrogen-bond donors (Lipinski definition) is 2. The van der Waals surface area contributed by atoms with E-state index in [-0.39, 0.29) is 30.7 Å². The number of hydrogen-bond acceptors (Lipinski definition) is 3. The topological polar surface area (TPSA) is 64.4 Å². The number of ether oxygens (including phenoxy) is 1. The molecule has 0 heterocycles. The van der Waals surface area contributed by atoms with Crippen LogP contribution in [0.4, 0.5) is 4.39 Å². The minimum absolute atomic E-state index is 0.128. The molecule has 0 radical (unpaired) electrons. The number of nitrogens with two attached hydrogens (primary N) is 1. The van der Waals surface area contributed by atoms with Crippen molar-refractivity contribution >= 4 is 5.91 Å². The average Bonchev–Trinajstić information content (AvgIpc) is 2.25. The standard InChI is InChI=1S/C12H17FN2O2/c1-9(14)8-12(16)15-6-7-17-11-5-3-2-4-10(11)13/h2-5,9H,6-8,14H2,1H3,(H,15,16). The highest BCUT2D eigenvalue weighted by atomic mass is 19.1. The van der Waals surface area contributed by atoms with Crippen molar-refractivity contribution < 1.29 is 13.9 Å². The summed E-state index contributed by atoms with van der Waals surface area (Å²) in [4.78, 5) is 11.2. The molecule has 5 heteroatoms. The van der Waals surface area contributed by atoms with Crippen molar-refractivity contribution in [2.24, 2.45) is 5.73 Å². The zero-order valence-electron chi connectivity index (χ0n) is 9.78. The summed E-state index contributed by atoms with van der Waals surface area (Å²) in [7, 11) is 0. The number of para-hydroxylation sites is 1. The molecule has 0 aromatic heterocycles. The van der Waals surface area contributed by atoms with E-state index in [2.05, 4.69) is 5.32 Å². The third-order valence-electron chi connectivity index (χ3n) is 2.03. The highest BCUT2D eigenvalue weighted by Crippen LogP contribution is 2.14. The first kappa shape index (κ1) is 13.4. The van der Waals surface area contributed by atoms with Gasteiger partial charge in [-0.3, -0.25) is 4.79 Å². The van der Waals surface area contributed by atoms with Crippen molar-refractivity contribution in [2.45, 2.75) is 19.4 Å². The maximum Gasteiger partial charge on any atom is 0.221 e. The van der Waals surface area contributed by atoms with Crippen molar-refractivity contribution in [1.29, 1.82) is 0 Å². The third kappa shape index (κ3) is 5.31. The Morgan fingerprint density at radius 3 is 2.88 bits per heavy atom. The maximum absolute atomic E-state index is 13.1. The molecule has 0 bridgehead atoms. The van der Waals surface area contributed by atoms with Gasteiger partial charge in [-0.1, -0.05) is 12.1 Å². The summed E-state index contributed by atoms with van der Waals surface area (Å²) in [5.41, 5.74) is 5.47. The second-order valence-electron chi connectivity index (χ2n) is 3.81. The van der Waals surface area contributed by atoms with Gasteiger partial charge >= 0.3 is 0 Å². The summed E-state index contributed by atoms with van der Waals surface area (Å²) < 4.78 is 18.3. The fourth-order valence-electron chi connectivity index (χ4n) is 1.28. The Balaban J connectivity index is 2.21. The molecule has 1 rings (SSSR count). The quantitative estimate of drug-likeness (QED) is 0.731. The lowest BCUT2D eigenvalue weighted by atomic mass is 10.2. The van der Waals surface area contributed by atoms with Crippen LogP contribution in [-0.2, 0) is 4.79 Å². The lowest BCUT2D eigenvalue weighted by molar-refractivity contribution is -0.121. The van der Waals surface area contributed by atoms with E-state index in [1.807, 2.05) is 0 Å². The van der Waals surface area contributed by atoms with E-state index >= 15 is 0 Å². The Bertz CT molecular complexity index is 369. The molecule has 1 atom stereocenters. The van der Waals surface area contributed by atoms with Gasteiger partial charge in [0.25, 0.3) is 0 Å². The van der Waals surface area contributed by atoms with E-state index in [0.717, 1.165) is 0 Å². The van der Waals surface area contributed by atoms with Crippen LogP contribution < -0.4 is 15.8 Å². The van der Waals surface area contributed by atoms with Crippen LogP contribution in [0.3, 0.4) is 0 Å². The molecule has 3 N–H and O–H groups in total. The van der Waals surface area contributed by atoms with Gasteiger partial charge in [0.1, 0.15) is 6.61 Å². The Morgan fingerprint density at radius 2 is 2.24 bits per heavy atom. The van der Waals surface area contributed by atoms with Crippen LogP contribution in [0.1, 0.15) is 13.3 Å². The van der Waals surface area contributed by atoms with Gasteiger partial charge < -0.3 is 15.8 Å². The summed E-state index contributed by atoms with van der Waals surface area (Å²) in [5.74, 6) is -0.347. The van der Waals surface area contributed by atoms with E-state index in [4.69, 9.17) is 10.5 Å². The van der Waals surface area contributed by atoms with Crippen LogP contribution in [-0.4, -0.2) is 25.1 Å². The van der Waals surface area contributed by atoms with Crippen LogP contribution in [0.25, 0.3) is 0 Å². The molecule has 0 fully saturated rings. The van der Waals surface area contributed by atoms with Crippen molar-refractivity contribution in [3.05, 3.63) is 30.1 Å². The maximum atomic E-state index is 13.1. The molecule has 0 aliphatic heterocycles. The van der Waals surface area contributed by atoms with Crippen LogP contribution in [0.5, 0.6) is 5.75 Å². The molecule has 1 unspecified atom stereocenters. The fraction of sp³-hybridized carbons (Fsp3) is 0.417. The van der Waals surface area contributed by atoms with Crippen molar-refractivity contribution in [3.8, 4) is 5.75 Å². The molecule has 0 aliphatic rings. The van der Waals surface area contributed by atoms with Crippen molar-refractivity contribution in [3.63, 3.8) is 0 Å². The molecular formula is C12H17FN2O2. The minimum atomic E-state index is -0.408. The fourth-order valence-corrected chi connectivity index (χ4v) is 1.28. The van der Waals surface area contributed by atoms with Crippen molar-refractivity contribution in [1.82, 2.24) is 5.32 Å². The molecule has 0 spiro atoms. The second kappa shape index (κ2) is 6.85. The number of amides is 1. The van der Waals surface area contributed by atoms with Gasteiger partial charge in [0.15, 0.2) is 11.6 Å². The molecule has 0 saturated heterocycles. The second-order valence-corrected chi connectivity index (χ2v) is 3.81. The molecule has 4 nitrogen and oxygen atoms in total. The first-order chi connectivity index (χ1) is 8.09.